The fourth-order valence-electron chi connectivity index (χ4n) is 1.44. The number of rotatable bonds is 4. The molecule has 94 valence electrons. The van der Waals surface area contributed by atoms with Crippen molar-refractivity contribution in [2.45, 2.75) is 6.61 Å². The van der Waals surface area contributed by atoms with Crippen LogP contribution in [0.3, 0.4) is 0 Å². The Balaban J connectivity index is 2.18. The summed E-state index contributed by atoms with van der Waals surface area (Å²) in [7, 11) is -0.0286. The second-order valence-corrected chi connectivity index (χ2v) is 3.64. The van der Waals surface area contributed by atoms with Gasteiger partial charge in [-0.15, -0.1) is 0 Å². The third kappa shape index (κ3) is 2.66. The number of halogens is 1. The Labute approximate surface area is 103 Å². The molecule has 0 aliphatic rings. The maximum absolute atomic E-state index is 13.1. The third-order valence-electron chi connectivity index (χ3n) is 2.42. The Morgan fingerprint density at radius 2 is 2.22 bits per heavy atom. The molecule has 2 N–H and O–H groups in total. The van der Waals surface area contributed by atoms with Gasteiger partial charge in [-0.05, 0) is 6.07 Å². The Bertz CT molecular complexity index is 547. The first-order chi connectivity index (χ1) is 8.58. The molecule has 0 saturated carbocycles. The summed E-state index contributed by atoms with van der Waals surface area (Å²) in [5, 5.41) is 22.1. The van der Waals surface area contributed by atoms with E-state index in [0.717, 1.165) is 12.1 Å². The zero-order valence-electron chi connectivity index (χ0n) is 9.62. The molecule has 1 aromatic carbocycles. The highest BCUT2D eigenvalue weighted by atomic mass is 19.1. The second kappa shape index (κ2) is 5.15. The van der Waals surface area contributed by atoms with Crippen molar-refractivity contribution < 1.29 is 19.2 Å². The second-order valence-electron chi connectivity index (χ2n) is 3.64. The first-order valence-electron chi connectivity index (χ1n) is 5.19. The lowest BCUT2D eigenvalue weighted by Crippen LogP contribution is -2.31. The van der Waals surface area contributed by atoms with E-state index in [2.05, 4.69) is 10.1 Å². The zero-order valence-corrected chi connectivity index (χ0v) is 9.62. The molecule has 0 fully saturated rings. The lowest BCUT2D eigenvalue weighted by atomic mass is 9.79. The van der Waals surface area contributed by atoms with Crippen LogP contribution < -0.4 is 10.2 Å². The molecule has 1 aromatic heterocycles. The standard InChI is InChI=1S/C10H11BFN3O3/c1-15-10(13-6-14-15)5-18-9-4-7(12)2-3-8(9)11(16)17/h2-4,6,16-17H,5H2,1H3. The van der Waals surface area contributed by atoms with Crippen molar-refractivity contribution in [3.8, 4) is 5.75 Å². The Kier molecular flexibility index (Phi) is 3.59. The maximum atomic E-state index is 13.1. The lowest BCUT2D eigenvalue weighted by molar-refractivity contribution is 0.289. The monoisotopic (exact) mass is 251 g/mol. The minimum atomic E-state index is -1.72. The van der Waals surface area contributed by atoms with E-state index in [-0.39, 0.29) is 17.8 Å². The van der Waals surface area contributed by atoms with E-state index < -0.39 is 12.9 Å². The summed E-state index contributed by atoms with van der Waals surface area (Å²) in [6.07, 6.45) is 1.37. The molecule has 0 bridgehead atoms. The van der Waals surface area contributed by atoms with Gasteiger partial charge < -0.3 is 14.8 Å². The van der Waals surface area contributed by atoms with E-state index in [1.165, 1.54) is 17.1 Å². The van der Waals surface area contributed by atoms with Gasteiger partial charge in [-0.25, -0.2) is 9.37 Å². The van der Waals surface area contributed by atoms with E-state index in [4.69, 9.17) is 14.8 Å². The molecule has 8 heteroatoms. The van der Waals surface area contributed by atoms with E-state index in [0.29, 0.717) is 5.82 Å². The summed E-state index contributed by atoms with van der Waals surface area (Å²) in [5.41, 5.74) is 0.0959. The molecule has 6 nitrogen and oxygen atoms in total. The first-order valence-corrected chi connectivity index (χ1v) is 5.19. The fourth-order valence-corrected chi connectivity index (χ4v) is 1.44. The molecule has 18 heavy (non-hydrogen) atoms. The third-order valence-corrected chi connectivity index (χ3v) is 2.42. The van der Waals surface area contributed by atoms with Crippen molar-refractivity contribution in [1.82, 2.24) is 14.8 Å². The van der Waals surface area contributed by atoms with Crippen molar-refractivity contribution in [1.29, 1.82) is 0 Å². The number of hydrogen-bond donors (Lipinski definition) is 2. The predicted molar refractivity (Wildman–Crippen MR) is 61.6 cm³/mol. The Morgan fingerprint density at radius 3 is 2.83 bits per heavy atom. The van der Waals surface area contributed by atoms with Crippen molar-refractivity contribution >= 4 is 12.6 Å². The first kappa shape index (κ1) is 12.5. The van der Waals surface area contributed by atoms with Crippen LogP contribution in [0.5, 0.6) is 5.75 Å². The van der Waals surface area contributed by atoms with Crippen LogP contribution in [0.4, 0.5) is 4.39 Å². The van der Waals surface area contributed by atoms with E-state index >= 15 is 0 Å². The van der Waals surface area contributed by atoms with Crippen LogP contribution in [0.2, 0.25) is 0 Å². The van der Waals surface area contributed by atoms with Gasteiger partial charge in [0.05, 0.1) is 0 Å². The Hall–Kier alpha value is -1.93. The van der Waals surface area contributed by atoms with Gasteiger partial charge >= 0.3 is 7.12 Å². The highest BCUT2D eigenvalue weighted by Gasteiger charge is 2.18. The molecular formula is C10H11BFN3O3. The molecule has 0 spiro atoms. The minimum Gasteiger partial charge on any atom is -0.486 e. The average molecular weight is 251 g/mol. The number of aryl methyl sites for hydroxylation is 1. The van der Waals surface area contributed by atoms with Gasteiger partial charge in [-0.3, -0.25) is 4.68 Å². The van der Waals surface area contributed by atoms with Crippen molar-refractivity contribution in [2.75, 3.05) is 0 Å². The van der Waals surface area contributed by atoms with Crippen LogP contribution in [0.15, 0.2) is 24.5 Å². The molecule has 0 saturated heterocycles. The molecule has 0 unspecified atom stereocenters. The molecule has 0 aliphatic heterocycles. The number of nitrogens with zero attached hydrogens (tertiary/aromatic N) is 3. The van der Waals surface area contributed by atoms with E-state index in [1.807, 2.05) is 0 Å². The maximum Gasteiger partial charge on any atom is 0.492 e. The van der Waals surface area contributed by atoms with Crippen molar-refractivity contribution in [2.24, 2.45) is 7.05 Å². The SMILES string of the molecule is Cn1ncnc1COc1cc(F)ccc1B(O)O. The summed E-state index contributed by atoms with van der Waals surface area (Å²) in [6, 6.07) is 3.47. The molecule has 1 heterocycles. The molecule has 0 amide bonds. The van der Waals surface area contributed by atoms with Crippen LogP contribution in [0.25, 0.3) is 0 Å². The number of hydrogen-bond acceptors (Lipinski definition) is 5. The quantitative estimate of drug-likeness (QED) is 0.696. The largest absolute Gasteiger partial charge is 0.492 e. The average Bonchev–Trinajstić information content (AvgIpc) is 2.72. The van der Waals surface area contributed by atoms with Gasteiger partial charge in [-0.2, -0.15) is 5.10 Å². The summed E-state index contributed by atoms with van der Waals surface area (Å²) >= 11 is 0. The summed E-state index contributed by atoms with van der Waals surface area (Å²) in [4.78, 5) is 3.94. The van der Waals surface area contributed by atoms with Crippen LogP contribution in [0.1, 0.15) is 5.82 Å². The van der Waals surface area contributed by atoms with Gasteiger partial charge in [-0.1, -0.05) is 6.07 Å². The van der Waals surface area contributed by atoms with Gasteiger partial charge in [0, 0.05) is 18.6 Å². The molecular weight excluding hydrogens is 240 g/mol. The fraction of sp³-hybridized carbons (Fsp3) is 0.200. The van der Waals surface area contributed by atoms with E-state index in [1.54, 1.807) is 7.05 Å². The van der Waals surface area contributed by atoms with Gasteiger partial charge in [0.2, 0.25) is 0 Å². The zero-order chi connectivity index (χ0) is 13.1. The van der Waals surface area contributed by atoms with Crippen LogP contribution in [0, 0.1) is 5.82 Å². The predicted octanol–water partition coefficient (Wildman–Crippen LogP) is -0.787. The lowest BCUT2D eigenvalue weighted by Gasteiger charge is -2.10. The minimum absolute atomic E-state index is 0.0552. The van der Waals surface area contributed by atoms with Gasteiger partial charge in [0.25, 0.3) is 0 Å². The normalized spacial score (nSPS) is 10.4. The van der Waals surface area contributed by atoms with Gasteiger partial charge in [0.15, 0.2) is 5.82 Å². The van der Waals surface area contributed by atoms with E-state index in [9.17, 15) is 4.39 Å². The molecule has 0 radical (unpaired) electrons. The number of aromatic nitrogens is 3. The highest BCUT2D eigenvalue weighted by molar-refractivity contribution is 6.59. The summed E-state index contributed by atoms with van der Waals surface area (Å²) < 4.78 is 19.9. The van der Waals surface area contributed by atoms with Gasteiger partial charge in [0.1, 0.15) is 24.5 Å². The van der Waals surface area contributed by atoms with Crippen LogP contribution in [-0.2, 0) is 13.7 Å². The smallest absolute Gasteiger partial charge is 0.486 e. The summed E-state index contributed by atoms with van der Waals surface area (Å²) in [5.74, 6) is 0.0815. The highest BCUT2D eigenvalue weighted by Crippen LogP contribution is 2.12. The van der Waals surface area contributed by atoms with Crippen LogP contribution >= 0.6 is 0 Å². The summed E-state index contributed by atoms with van der Waals surface area (Å²) in [6.45, 7) is 0.0552. The Morgan fingerprint density at radius 1 is 1.44 bits per heavy atom. The molecule has 2 rings (SSSR count). The topological polar surface area (TPSA) is 80.4 Å². The van der Waals surface area contributed by atoms with Crippen molar-refractivity contribution in [3.63, 3.8) is 0 Å². The molecule has 0 atom stereocenters. The number of ether oxygens (including phenoxy) is 1. The number of benzene rings is 1. The molecule has 2 aromatic rings. The molecule has 0 aliphatic carbocycles. The van der Waals surface area contributed by atoms with Crippen LogP contribution in [-0.4, -0.2) is 31.9 Å². The van der Waals surface area contributed by atoms with Crippen molar-refractivity contribution in [3.05, 3.63) is 36.2 Å².